The fourth-order valence-corrected chi connectivity index (χ4v) is 3.53. The van der Waals surface area contributed by atoms with Gasteiger partial charge in [-0.2, -0.15) is 0 Å². The molecule has 31 heavy (non-hydrogen) atoms. The molecule has 0 unspecified atom stereocenters. The van der Waals surface area contributed by atoms with Crippen LogP contribution in [0.3, 0.4) is 0 Å². The lowest BCUT2D eigenvalue weighted by molar-refractivity contribution is -0.286. The Morgan fingerprint density at radius 3 is 2.35 bits per heavy atom. The Hall–Kier alpha value is -1.69. The first-order valence-corrected chi connectivity index (χ1v) is 11.0. The van der Waals surface area contributed by atoms with Crippen LogP contribution in [-0.4, -0.2) is 61.2 Å². The van der Waals surface area contributed by atoms with Crippen molar-refractivity contribution in [2.24, 2.45) is 0 Å². The largest absolute Gasteiger partial charge is 0.497 e. The SMILES string of the molecule is C=CCO[C@@H]1[C@H](O)[C@H](Oc2ccc(I)cc2)O[C@@H](COCc2ccc(OC)cc2)[C@H]1O. The van der Waals surface area contributed by atoms with Crippen molar-refractivity contribution in [1.82, 2.24) is 0 Å². The normalized spacial score (nSPS) is 25.7. The molecule has 2 aromatic carbocycles. The van der Waals surface area contributed by atoms with E-state index in [1.807, 2.05) is 36.4 Å². The van der Waals surface area contributed by atoms with Gasteiger partial charge in [0, 0.05) is 3.57 Å². The van der Waals surface area contributed by atoms with Crippen LogP contribution < -0.4 is 9.47 Å². The summed E-state index contributed by atoms with van der Waals surface area (Å²) in [4.78, 5) is 0. The summed E-state index contributed by atoms with van der Waals surface area (Å²) in [6, 6.07) is 14.9. The van der Waals surface area contributed by atoms with Crippen LogP contribution in [0.5, 0.6) is 11.5 Å². The summed E-state index contributed by atoms with van der Waals surface area (Å²) in [7, 11) is 1.61. The van der Waals surface area contributed by atoms with E-state index in [0.29, 0.717) is 12.4 Å². The summed E-state index contributed by atoms with van der Waals surface area (Å²) in [6.07, 6.45) is -3.40. The van der Waals surface area contributed by atoms with E-state index in [9.17, 15) is 10.2 Å². The zero-order valence-electron chi connectivity index (χ0n) is 17.2. The molecule has 0 aromatic heterocycles. The summed E-state index contributed by atoms with van der Waals surface area (Å²) in [5, 5.41) is 21.4. The van der Waals surface area contributed by atoms with Crippen molar-refractivity contribution < 1.29 is 33.9 Å². The lowest BCUT2D eigenvalue weighted by Gasteiger charge is -2.42. The van der Waals surface area contributed by atoms with Crippen molar-refractivity contribution in [2.45, 2.75) is 37.3 Å². The maximum absolute atomic E-state index is 10.7. The van der Waals surface area contributed by atoms with Crippen molar-refractivity contribution in [2.75, 3.05) is 20.3 Å². The molecule has 8 heteroatoms. The molecule has 1 aliphatic heterocycles. The highest BCUT2D eigenvalue weighted by Gasteiger charge is 2.46. The highest BCUT2D eigenvalue weighted by molar-refractivity contribution is 14.1. The Balaban J connectivity index is 1.64. The molecule has 1 aliphatic rings. The van der Waals surface area contributed by atoms with E-state index in [2.05, 4.69) is 29.2 Å². The van der Waals surface area contributed by atoms with Gasteiger partial charge >= 0.3 is 0 Å². The number of aliphatic hydroxyl groups is 2. The highest BCUT2D eigenvalue weighted by atomic mass is 127. The number of hydrogen-bond acceptors (Lipinski definition) is 7. The predicted molar refractivity (Wildman–Crippen MR) is 123 cm³/mol. The molecule has 1 heterocycles. The van der Waals surface area contributed by atoms with Crippen LogP contribution in [0.4, 0.5) is 0 Å². The summed E-state index contributed by atoms with van der Waals surface area (Å²) in [6.45, 7) is 4.23. The molecule has 0 radical (unpaired) electrons. The van der Waals surface area contributed by atoms with Gasteiger partial charge in [0.15, 0.2) is 0 Å². The van der Waals surface area contributed by atoms with E-state index in [1.54, 1.807) is 25.3 Å². The minimum atomic E-state index is -1.19. The fourth-order valence-electron chi connectivity index (χ4n) is 3.18. The van der Waals surface area contributed by atoms with E-state index in [0.717, 1.165) is 14.9 Å². The second-order valence-corrected chi connectivity index (χ2v) is 8.29. The van der Waals surface area contributed by atoms with Crippen molar-refractivity contribution in [3.05, 3.63) is 70.3 Å². The van der Waals surface area contributed by atoms with Crippen molar-refractivity contribution in [3.8, 4) is 11.5 Å². The lowest BCUT2D eigenvalue weighted by atomic mass is 9.99. The van der Waals surface area contributed by atoms with Gasteiger partial charge in [-0.15, -0.1) is 6.58 Å². The third kappa shape index (κ3) is 6.64. The number of ether oxygens (including phenoxy) is 5. The smallest absolute Gasteiger partial charge is 0.229 e. The quantitative estimate of drug-likeness (QED) is 0.353. The van der Waals surface area contributed by atoms with Crippen LogP contribution in [0.15, 0.2) is 61.2 Å². The number of benzene rings is 2. The molecule has 1 saturated heterocycles. The molecule has 0 bridgehead atoms. The molecule has 168 valence electrons. The summed E-state index contributed by atoms with van der Waals surface area (Å²) in [5.41, 5.74) is 0.956. The molecule has 2 aromatic rings. The fraction of sp³-hybridized carbons (Fsp3) is 0.391. The summed E-state index contributed by atoms with van der Waals surface area (Å²) < 4.78 is 29.3. The zero-order chi connectivity index (χ0) is 22.2. The Morgan fingerprint density at radius 1 is 1.03 bits per heavy atom. The van der Waals surface area contributed by atoms with Gasteiger partial charge in [-0.1, -0.05) is 18.2 Å². The number of aliphatic hydroxyl groups excluding tert-OH is 2. The topological polar surface area (TPSA) is 86.6 Å². The average molecular weight is 542 g/mol. The van der Waals surface area contributed by atoms with Crippen LogP contribution in [0.1, 0.15) is 5.56 Å². The summed E-state index contributed by atoms with van der Waals surface area (Å²) in [5.74, 6) is 1.31. The predicted octanol–water partition coefficient (Wildman–Crippen LogP) is 2.91. The third-order valence-corrected chi connectivity index (χ3v) is 5.54. The number of rotatable bonds is 10. The van der Waals surface area contributed by atoms with E-state index in [4.69, 9.17) is 23.7 Å². The molecule has 0 spiro atoms. The molecule has 0 amide bonds. The van der Waals surface area contributed by atoms with Gasteiger partial charge in [0.25, 0.3) is 0 Å². The Morgan fingerprint density at radius 2 is 1.71 bits per heavy atom. The van der Waals surface area contributed by atoms with Crippen LogP contribution in [0.2, 0.25) is 0 Å². The molecule has 7 nitrogen and oxygen atoms in total. The maximum atomic E-state index is 10.7. The second kappa shape index (κ2) is 11.8. The van der Waals surface area contributed by atoms with Gasteiger partial charge in [0.05, 0.1) is 26.9 Å². The standard InChI is InChI=1S/C23H27IO7/c1-3-12-29-22-20(25)19(14-28-13-15-4-8-17(27-2)9-5-15)31-23(21(22)26)30-18-10-6-16(24)7-11-18/h3-11,19-23,25-26H,1,12-14H2,2H3/t19-,20+,21-,22-,23+/m0/s1. The van der Waals surface area contributed by atoms with Crippen LogP contribution >= 0.6 is 22.6 Å². The van der Waals surface area contributed by atoms with Crippen LogP contribution in [0.25, 0.3) is 0 Å². The second-order valence-electron chi connectivity index (χ2n) is 7.05. The van der Waals surface area contributed by atoms with E-state index in [-0.39, 0.29) is 13.2 Å². The number of methoxy groups -OCH3 is 1. The van der Waals surface area contributed by atoms with Gasteiger partial charge in [0.1, 0.15) is 35.9 Å². The molecule has 5 atom stereocenters. The minimum absolute atomic E-state index is 0.0976. The molecule has 0 saturated carbocycles. The van der Waals surface area contributed by atoms with E-state index < -0.39 is 30.7 Å². The first-order valence-electron chi connectivity index (χ1n) is 9.89. The molecular formula is C23H27IO7. The first kappa shape index (κ1) is 24.0. The van der Waals surface area contributed by atoms with Gasteiger partial charge in [-0.3, -0.25) is 0 Å². The third-order valence-electron chi connectivity index (χ3n) is 4.82. The highest BCUT2D eigenvalue weighted by Crippen LogP contribution is 2.27. The maximum Gasteiger partial charge on any atom is 0.229 e. The first-order chi connectivity index (χ1) is 15.0. The number of halogens is 1. The number of hydrogen-bond donors (Lipinski definition) is 2. The van der Waals surface area contributed by atoms with E-state index >= 15 is 0 Å². The Kier molecular flexibility index (Phi) is 9.12. The molecule has 1 fully saturated rings. The zero-order valence-corrected chi connectivity index (χ0v) is 19.4. The van der Waals surface area contributed by atoms with Crippen molar-refractivity contribution >= 4 is 22.6 Å². The van der Waals surface area contributed by atoms with Gasteiger partial charge < -0.3 is 33.9 Å². The van der Waals surface area contributed by atoms with Gasteiger partial charge in [0.2, 0.25) is 6.29 Å². The van der Waals surface area contributed by atoms with E-state index in [1.165, 1.54) is 0 Å². The monoisotopic (exact) mass is 542 g/mol. The van der Waals surface area contributed by atoms with Crippen LogP contribution in [-0.2, 0) is 20.8 Å². The Bertz CT molecular complexity index is 812. The summed E-state index contributed by atoms with van der Waals surface area (Å²) >= 11 is 2.20. The van der Waals surface area contributed by atoms with Crippen molar-refractivity contribution in [1.29, 1.82) is 0 Å². The lowest BCUT2D eigenvalue weighted by Crippen LogP contribution is -2.61. The molecule has 3 rings (SSSR count). The molecule has 0 aliphatic carbocycles. The molecular weight excluding hydrogens is 515 g/mol. The van der Waals surface area contributed by atoms with Gasteiger partial charge in [-0.05, 0) is 64.6 Å². The van der Waals surface area contributed by atoms with Gasteiger partial charge in [-0.25, -0.2) is 0 Å². The minimum Gasteiger partial charge on any atom is -0.497 e. The van der Waals surface area contributed by atoms with Crippen LogP contribution in [0, 0.1) is 3.57 Å². The Labute approximate surface area is 195 Å². The van der Waals surface area contributed by atoms with Crippen molar-refractivity contribution in [3.63, 3.8) is 0 Å². The average Bonchev–Trinajstić information content (AvgIpc) is 2.78. The molecule has 2 N–H and O–H groups in total.